The molecule has 7 heteroatoms. The molecule has 0 bridgehead atoms. The van der Waals surface area contributed by atoms with Crippen molar-refractivity contribution in [3.63, 3.8) is 0 Å². The van der Waals surface area contributed by atoms with E-state index in [1.807, 2.05) is 30.3 Å². The number of carbonyl (C=O) groups is 3. The summed E-state index contributed by atoms with van der Waals surface area (Å²) in [5.41, 5.74) is 2.10. The summed E-state index contributed by atoms with van der Waals surface area (Å²) in [4.78, 5) is 38.5. The number of urea groups is 1. The Balaban J connectivity index is 1.72. The predicted molar refractivity (Wildman–Crippen MR) is 113 cm³/mol. The quantitative estimate of drug-likeness (QED) is 0.703. The Morgan fingerprint density at radius 1 is 0.931 bits per heavy atom. The molecule has 0 saturated carbocycles. The Hall–Kier alpha value is -3.35. The van der Waals surface area contributed by atoms with Crippen molar-refractivity contribution in [1.82, 2.24) is 10.2 Å². The van der Waals surface area contributed by atoms with E-state index in [0.29, 0.717) is 30.9 Å². The van der Waals surface area contributed by atoms with Crippen LogP contribution in [0.2, 0.25) is 0 Å². The molecule has 152 valence electrons. The third-order valence-electron chi connectivity index (χ3n) is 4.74. The monoisotopic (exact) mass is 394 g/mol. The Morgan fingerprint density at radius 2 is 1.59 bits per heavy atom. The highest BCUT2D eigenvalue weighted by molar-refractivity contribution is 5.98. The summed E-state index contributed by atoms with van der Waals surface area (Å²) >= 11 is 0. The summed E-state index contributed by atoms with van der Waals surface area (Å²) in [6.45, 7) is 2.85. The molecule has 1 heterocycles. The van der Waals surface area contributed by atoms with E-state index in [-0.39, 0.29) is 17.8 Å². The summed E-state index contributed by atoms with van der Waals surface area (Å²) in [6.07, 6.45) is 2.36. The number of nitrogens with one attached hydrogen (secondary N) is 3. The SMILES string of the molecule is CC(=O)Nc1cccc(NC(=O)[C@H](Cc2ccccc2)NC(=O)N2CCCC2)c1. The molecule has 3 N–H and O–H groups in total. The lowest BCUT2D eigenvalue weighted by Gasteiger charge is -2.23. The molecular weight excluding hydrogens is 368 g/mol. The zero-order chi connectivity index (χ0) is 20.6. The first-order valence-electron chi connectivity index (χ1n) is 9.79. The van der Waals surface area contributed by atoms with Crippen LogP contribution in [0.15, 0.2) is 54.6 Å². The van der Waals surface area contributed by atoms with Crippen LogP contribution in [0.1, 0.15) is 25.3 Å². The lowest BCUT2D eigenvalue weighted by atomic mass is 10.1. The molecule has 4 amide bonds. The van der Waals surface area contributed by atoms with E-state index in [9.17, 15) is 14.4 Å². The number of hydrogen-bond acceptors (Lipinski definition) is 3. The van der Waals surface area contributed by atoms with Crippen molar-refractivity contribution in [1.29, 1.82) is 0 Å². The summed E-state index contributed by atoms with van der Waals surface area (Å²) in [6, 6.07) is 15.6. The number of rotatable bonds is 6. The van der Waals surface area contributed by atoms with Crippen molar-refractivity contribution in [3.8, 4) is 0 Å². The molecule has 2 aromatic carbocycles. The highest BCUT2D eigenvalue weighted by Crippen LogP contribution is 2.16. The van der Waals surface area contributed by atoms with Crippen LogP contribution in [-0.2, 0) is 16.0 Å². The summed E-state index contributed by atoms with van der Waals surface area (Å²) in [7, 11) is 0. The number of nitrogens with zero attached hydrogens (tertiary/aromatic N) is 1. The first kappa shape index (κ1) is 20.4. The zero-order valence-electron chi connectivity index (χ0n) is 16.5. The highest BCUT2D eigenvalue weighted by atomic mass is 16.2. The van der Waals surface area contributed by atoms with Crippen molar-refractivity contribution < 1.29 is 14.4 Å². The van der Waals surface area contributed by atoms with Gasteiger partial charge in [-0.25, -0.2) is 4.79 Å². The fraction of sp³-hybridized carbons (Fsp3) is 0.318. The molecule has 1 aliphatic heterocycles. The van der Waals surface area contributed by atoms with Gasteiger partial charge in [0.05, 0.1) is 0 Å². The van der Waals surface area contributed by atoms with Crippen LogP contribution in [0.5, 0.6) is 0 Å². The van der Waals surface area contributed by atoms with E-state index in [0.717, 1.165) is 18.4 Å². The van der Waals surface area contributed by atoms with Crippen LogP contribution in [0.25, 0.3) is 0 Å². The van der Waals surface area contributed by atoms with Gasteiger partial charge in [0.1, 0.15) is 6.04 Å². The third-order valence-corrected chi connectivity index (χ3v) is 4.74. The first-order valence-corrected chi connectivity index (χ1v) is 9.79. The maximum absolute atomic E-state index is 13.0. The minimum absolute atomic E-state index is 0.187. The minimum atomic E-state index is -0.713. The molecule has 2 aromatic rings. The standard InChI is InChI=1S/C22H26N4O3/c1-16(27)23-18-10-7-11-19(15-18)24-21(28)20(14-17-8-3-2-4-9-17)25-22(29)26-12-5-6-13-26/h2-4,7-11,15,20H,5-6,12-14H2,1H3,(H,23,27)(H,24,28)(H,25,29)/t20-/m0/s1. The molecule has 0 spiro atoms. The van der Waals surface area contributed by atoms with Gasteiger partial charge in [0.25, 0.3) is 0 Å². The fourth-order valence-electron chi connectivity index (χ4n) is 3.33. The van der Waals surface area contributed by atoms with Gasteiger partial charge in [-0.3, -0.25) is 9.59 Å². The van der Waals surface area contributed by atoms with Crippen LogP contribution < -0.4 is 16.0 Å². The van der Waals surface area contributed by atoms with Crippen molar-refractivity contribution in [2.24, 2.45) is 0 Å². The van der Waals surface area contributed by atoms with Crippen LogP contribution >= 0.6 is 0 Å². The van der Waals surface area contributed by atoms with Crippen LogP contribution in [0.4, 0.5) is 16.2 Å². The highest BCUT2D eigenvalue weighted by Gasteiger charge is 2.25. The molecule has 7 nitrogen and oxygen atoms in total. The maximum Gasteiger partial charge on any atom is 0.318 e. The molecule has 3 rings (SSSR count). The fourth-order valence-corrected chi connectivity index (χ4v) is 3.33. The minimum Gasteiger partial charge on any atom is -0.326 e. The Bertz CT molecular complexity index is 863. The number of hydrogen-bond donors (Lipinski definition) is 3. The Labute approximate surface area is 170 Å². The number of benzene rings is 2. The normalized spacial score (nSPS) is 14.2. The topological polar surface area (TPSA) is 90.5 Å². The van der Waals surface area contributed by atoms with E-state index in [1.165, 1.54) is 6.92 Å². The largest absolute Gasteiger partial charge is 0.326 e. The van der Waals surface area contributed by atoms with Gasteiger partial charge >= 0.3 is 6.03 Å². The smallest absolute Gasteiger partial charge is 0.318 e. The average Bonchev–Trinajstić information content (AvgIpc) is 3.23. The van der Waals surface area contributed by atoms with E-state index in [4.69, 9.17) is 0 Å². The van der Waals surface area contributed by atoms with Crippen LogP contribution in [-0.4, -0.2) is 41.9 Å². The zero-order valence-corrected chi connectivity index (χ0v) is 16.5. The van der Waals surface area contributed by atoms with E-state index in [1.54, 1.807) is 29.2 Å². The second-order valence-electron chi connectivity index (χ2n) is 7.14. The Kier molecular flexibility index (Phi) is 6.84. The Morgan fingerprint density at radius 3 is 2.24 bits per heavy atom. The van der Waals surface area contributed by atoms with Gasteiger partial charge in [0, 0.05) is 37.8 Å². The molecule has 1 saturated heterocycles. The van der Waals surface area contributed by atoms with Gasteiger partial charge in [-0.2, -0.15) is 0 Å². The number of amides is 4. The maximum atomic E-state index is 13.0. The van der Waals surface area contributed by atoms with Crippen molar-refractivity contribution in [2.45, 2.75) is 32.2 Å². The van der Waals surface area contributed by atoms with Gasteiger partial charge in [0.2, 0.25) is 11.8 Å². The van der Waals surface area contributed by atoms with Gasteiger partial charge in [-0.1, -0.05) is 36.4 Å². The number of likely N-dealkylation sites (tertiary alicyclic amines) is 1. The average molecular weight is 394 g/mol. The van der Waals surface area contributed by atoms with Crippen LogP contribution in [0, 0.1) is 0 Å². The molecule has 0 aliphatic carbocycles. The van der Waals surface area contributed by atoms with Gasteiger partial charge < -0.3 is 20.9 Å². The summed E-state index contributed by atoms with van der Waals surface area (Å²) in [5, 5.41) is 8.42. The van der Waals surface area contributed by atoms with Gasteiger partial charge in [0.15, 0.2) is 0 Å². The molecule has 0 radical (unpaired) electrons. The van der Waals surface area contributed by atoms with Gasteiger partial charge in [-0.05, 0) is 36.6 Å². The van der Waals surface area contributed by atoms with Crippen LogP contribution in [0.3, 0.4) is 0 Å². The van der Waals surface area contributed by atoms with E-state index < -0.39 is 6.04 Å². The van der Waals surface area contributed by atoms with Crippen molar-refractivity contribution >= 4 is 29.2 Å². The lowest BCUT2D eigenvalue weighted by molar-refractivity contribution is -0.118. The van der Waals surface area contributed by atoms with Crippen molar-refractivity contribution in [2.75, 3.05) is 23.7 Å². The molecule has 0 unspecified atom stereocenters. The van der Waals surface area contributed by atoms with E-state index >= 15 is 0 Å². The van der Waals surface area contributed by atoms with E-state index in [2.05, 4.69) is 16.0 Å². The van der Waals surface area contributed by atoms with Gasteiger partial charge in [-0.15, -0.1) is 0 Å². The molecule has 1 aliphatic rings. The molecular formula is C22H26N4O3. The first-order chi connectivity index (χ1) is 14.0. The van der Waals surface area contributed by atoms with Crippen molar-refractivity contribution in [3.05, 3.63) is 60.2 Å². The molecule has 0 aromatic heterocycles. The lowest BCUT2D eigenvalue weighted by Crippen LogP contribution is -2.49. The predicted octanol–water partition coefficient (Wildman–Crippen LogP) is 3.00. The second-order valence-corrected chi connectivity index (χ2v) is 7.14. The second kappa shape index (κ2) is 9.73. The molecule has 29 heavy (non-hydrogen) atoms. The summed E-state index contributed by atoms with van der Waals surface area (Å²) in [5.74, 6) is -0.491. The molecule has 1 fully saturated rings. The number of carbonyl (C=O) groups excluding carboxylic acids is 3. The summed E-state index contributed by atoms with van der Waals surface area (Å²) < 4.78 is 0. The molecule has 1 atom stereocenters. The number of anilines is 2. The third kappa shape index (κ3) is 6.07.